The monoisotopic (exact) mass is 355 g/mol. The molecule has 1 aromatic heterocycles. The number of ether oxygens (including phenoxy) is 1. The second-order valence-electron chi connectivity index (χ2n) is 4.30. The van der Waals surface area contributed by atoms with Gasteiger partial charge in [0, 0.05) is 19.7 Å². The summed E-state index contributed by atoms with van der Waals surface area (Å²) in [5, 5.41) is 11.3. The molecule has 2 rings (SSSR count). The fraction of sp³-hybridized carbons (Fsp3) is 0.214. The van der Waals surface area contributed by atoms with Gasteiger partial charge < -0.3 is 14.7 Å². The van der Waals surface area contributed by atoms with Gasteiger partial charge in [-0.25, -0.2) is 4.79 Å². The van der Waals surface area contributed by atoms with Crippen LogP contribution in [0.15, 0.2) is 33.4 Å². The van der Waals surface area contributed by atoms with Crippen LogP contribution in [0.4, 0.5) is 5.69 Å². The van der Waals surface area contributed by atoms with Crippen molar-refractivity contribution in [1.29, 1.82) is 0 Å². The minimum Gasteiger partial charge on any atom is -0.497 e. The first-order valence-electron chi connectivity index (χ1n) is 5.86. The maximum Gasteiger partial charge on any atom is 0.337 e. The first kappa shape index (κ1) is 14.9. The summed E-state index contributed by atoms with van der Waals surface area (Å²) in [5.74, 6) is -0.302. The summed E-state index contributed by atoms with van der Waals surface area (Å²) in [6, 6.07) is 6.99. The Morgan fingerprint density at radius 2 is 2.20 bits per heavy atom. The molecular formula is C14H14BrNO3S. The summed E-state index contributed by atoms with van der Waals surface area (Å²) in [4.78, 5) is 13.2. The standard InChI is InChI=1S/C14H14BrNO3S/c1-16(7-9-5-13(15)20-8-9)12-6-10(19-2)3-4-11(12)14(17)18/h3-6,8H,7H2,1-2H3,(H,17,18). The molecule has 1 N–H and O–H groups in total. The number of benzene rings is 1. The molecule has 0 aliphatic rings. The highest BCUT2D eigenvalue weighted by atomic mass is 79.9. The van der Waals surface area contributed by atoms with E-state index in [1.54, 1.807) is 36.6 Å². The van der Waals surface area contributed by atoms with Crippen LogP contribution in [0.25, 0.3) is 0 Å². The fourth-order valence-electron chi connectivity index (χ4n) is 1.92. The Hall–Kier alpha value is -1.53. The van der Waals surface area contributed by atoms with Gasteiger partial charge in [0.2, 0.25) is 0 Å². The molecule has 0 bridgehead atoms. The van der Waals surface area contributed by atoms with E-state index in [0.717, 1.165) is 9.35 Å². The number of hydrogen-bond acceptors (Lipinski definition) is 4. The molecule has 1 heterocycles. The zero-order valence-corrected chi connectivity index (χ0v) is 13.5. The Bertz CT molecular complexity index is 627. The van der Waals surface area contributed by atoms with E-state index < -0.39 is 5.97 Å². The number of rotatable bonds is 5. The van der Waals surface area contributed by atoms with Crippen molar-refractivity contribution in [3.8, 4) is 5.75 Å². The van der Waals surface area contributed by atoms with Crippen LogP contribution in [0.1, 0.15) is 15.9 Å². The molecule has 0 fully saturated rings. The Morgan fingerprint density at radius 3 is 2.75 bits per heavy atom. The van der Waals surface area contributed by atoms with Gasteiger partial charge in [-0.05, 0) is 45.1 Å². The number of anilines is 1. The van der Waals surface area contributed by atoms with Gasteiger partial charge in [0.15, 0.2) is 0 Å². The number of carboxylic acid groups (broad SMARTS) is 1. The highest BCUT2D eigenvalue weighted by Crippen LogP contribution is 2.28. The lowest BCUT2D eigenvalue weighted by atomic mass is 10.1. The Labute approximate surface area is 129 Å². The second-order valence-corrected chi connectivity index (χ2v) is 6.59. The van der Waals surface area contributed by atoms with E-state index in [2.05, 4.69) is 15.9 Å². The number of halogens is 1. The summed E-state index contributed by atoms with van der Waals surface area (Å²) in [6.45, 7) is 0.634. The van der Waals surface area contributed by atoms with Crippen LogP contribution < -0.4 is 9.64 Å². The number of aromatic carboxylic acids is 1. The van der Waals surface area contributed by atoms with Gasteiger partial charge in [-0.1, -0.05) is 0 Å². The number of methoxy groups -OCH3 is 1. The number of carbonyl (C=O) groups is 1. The molecule has 6 heteroatoms. The van der Waals surface area contributed by atoms with Gasteiger partial charge in [0.25, 0.3) is 0 Å². The zero-order chi connectivity index (χ0) is 14.7. The lowest BCUT2D eigenvalue weighted by Gasteiger charge is -2.21. The van der Waals surface area contributed by atoms with Crippen molar-refractivity contribution < 1.29 is 14.6 Å². The predicted octanol–water partition coefficient (Wildman–Crippen LogP) is 3.85. The van der Waals surface area contributed by atoms with Gasteiger partial charge >= 0.3 is 5.97 Å². The molecule has 1 aromatic carbocycles. The van der Waals surface area contributed by atoms with E-state index in [4.69, 9.17) is 4.74 Å². The van der Waals surface area contributed by atoms with Crippen molar-refractivity contribution in [2.45, 2.75) is 6.54 Å². The molecule has 0 saturated heterocycles. The van der Waals surface area contributed by atoms with Gasteiger partial charge in [0.1, 0.15) is 5.75 Å². The summed E-state index contributed by atoms with van der Waals surface area (Å²) < 4.78 is 6.23. The van der Waals surface area contributed by atoms with E-state index in [9.17, 15) is 9.90 Å². The summed E-state index contributed by atoms with van der Waals surface area (Å²) >= 11 is 5.03. The van der Waals surface area contributed by atoms with Crippen LogP contribution >= 0.6 is 27.3 Å². The lowest BCUT2D eigenvalue weighted by molar-refractivity contribution is 0.0697. The van der Waals surface area contributed by atoms with Crippen molar-refractivity contribution in [1.82, 2.24) is 0 Å². The summed E-state index contributed by atoms with van der Waals surface area (Å²) in [7, 11) is 3.43. The summed E-state index contributed by atoms with van der Waals surface area (Å²) in [5.41, 5.74) is 2.03. The molecule has 0 radical (unpaired) electrons. The third kappa shape index (κ3) is 3.32. The molecule has 0 spiro atoms. The first-order chi connectivity index (χ1) is 9.51. The Kier molecular flexibility index (Phi) is 4.67. The molecule has 0 atom stereocenters. The van der Waals surface area contributed by atoms with E-state index in [1.807, 2.05) is 23.4 Å². The minimum atomic E-state index is -0.944. The van der Waals surface area contributed by atoms with E-state index in [1.165, 1.54) is 0 Å². The van der Waals surface area contributed by atoms with Gasteiger partial charge in [-0.2, -0.15) is 0 Å². The van der Waals surface area contributed by atoms with Gasteiger partial charge in [-0.15, -0.1) is 11.3 Å². The molecule has 0 unspecified atom stereocenters. The van der Waals surface area contributed by atoms with E-state index in [0.29, 0.717) is 18.0 Å². The highest BCUT2D eigenvalue weighted by molar-refractivity contribution is 9.11. The average molecular weight is 356 g/mol. The van der Waals surface area contributed by atoms with Crippen molar-refractivity contribution in [3.63, 3.8) is 0 Å². The topological polar surface area (TPSA) is 49.8 Å². The predicted molar refractivity (Wildman–Crippen MR) is 84.1 cm³/mol. The minimum absolute atomic E-state index is 0.266. The molecule has 2 aromatic rings. The SMILES string of the molecule is COc1ccc(C(=O)O)c(N(C)Cc2csc(Br)c2)c1. The van der Waals surface area contributed by atoms with Crippen LogP contribution in [0.5, 0.6) is 5.75 Å². The van der Waals surface area contributed by atoms with Crippen LogP contribution in [-0.4, -0.2) is 25.2 Å². The lowest BCUT2D eigenvalue weighted by Crippen LogP contribution is -2.19. The third-order valence-electron chi connectivity index (χ3n) is 2.89. The summed E-state index contributed by atoms with van der Waals surface area (Å²) in [6.07, 6.45) is 0. The van der Waals surface area contributed by atoms with Crippen molar-refractivity contribution in [2.24, 2.45) is 0 Å². The molecule has 20 heavy (non-hydrogen) atoms. The first-order valence-corrected chi connectivity index (χ1v) is 7.54. The van der Waals surface area contributed by atoms with Crippen molar-refractivity contribution in [3.05, 3.63) is 44.6 Å². The zero-order valence-electron chi connectivity index (χ0n) is 11.1. The average Bonchev–Trinajstić information content (AvgIpc) is 2.83. The normalized spacial score (nSPS) is 10.3. The van der Waals surface area contributed by atoms with E-state index in [-0.39, 0.29) is 5.56 Å². The number of nitrogens with zero attached hydrogens (tertiary/aromatic N) is 1. The van der Waals surface area contributed by atoms with Crippen LogP contribution in [0.2, 0.25) is 0 Å². The second kappa shape index (κ2) is 6.28. The van der Waals surface area contributed by atoms with Crippen LogP contribution in [-0.2, 0) is 6.54 Å². The molecule has 0 amide bonds. The number of hydrogen-bond donors (Lipinski definition) is 1. The highest BCUT2D eigenvalue weighted by Gasteiger charge is 2.15. The quantitative estimate of drug-likeness (QED) is 0.884. The molecule has 0 saturated carbocycles. The number of thiophene rings is 1. The maximum absolute atomic E-state index is 11.3. The van der Waals surface area contributed by atoms with E-state index >= 15 is 0 Å². The largest absolute Gasteiger partial charge is 0.497 e. The third-order valence-corrected chi connectivity index (χ3v) is 4.44. The molecule has 0 aliphatic carbocycles. The molecule has 106 valence electrons. The Balaban J connectivity index is 2.31. The number of carboxylic acids is 1. The molecule has 0 aliphatic heterocycles. The molecule has 4 nitrogen and oxygen atoms in total. The van der Waals surface area contributed by atoms with Crippen molar-refractivity contribution >= 4 is 38.9 Å². The Morgan fingerprint density at radius 1 is 1.45 bits per heavy atom. The molecular weight excluding hydrogens is 342 g/mol. The maximum atomic E-state index is 11.3. The smallest absolute Gasteiger partial charge is 0.337 e. The van der Waals surface area contributed by atoms with Gasteiger partial charge in [-0.3, -0.25) is 0 Å². The van der Waals surface area contributed by atoms with Crippen molar-refractivity contribution in [2.75, 3.05) is 19.1 Å². The van der Waals surface area contributed by atoms with Crippen LogP contribution in [0, 0.1) is 0 Å². The fourth-order valence-corrected chi connectivity index (χ4v) is 3.12. The van der Waals surface area contributed by atoms with Gasteiger partial charge in [0.05, 0.1) is 22.1 Å². The van der Waals surface area contributed by atoms with Crippen LogP contribution in [0.3, 0.4) is 0 Å².